The molecule has 0 aliphatic carbocycles. The van der Waals surface area contributed by atoms with Gasteiger partial charge in [-0.25, -0.2) is 4.99 Å². The Balaban J connectivity index is 0.00000529. The van der Waals surface area contributed by atoms with Crippen LogP contribution in [-0.2, 0) is 9.59 Å². The molecule has 7 nitrogen and oxygen atoms in total. The first kappa shape index (κ1) is 22.9. The summed E-state index contributed by atoms with van der Waals surface area (Å²) in [6.07, 6.45) is 1.81. The van der Waals surface area contributed by atoms with Gasteiger partial charge in [-0.05, 0) is 19.8 Å². The fraction of sp³-hybridized carbons (Fsp3) is 0.812. The predicted octanol–water partition coefficient (Wildman–Crippen LogP) is 0.943. The van der Waals surface area contributed by atoms with E-state index in [0.717, 1.165) is 25.9 Å². The van der Waals surface area contributed by atoms with Crippen LogP contribution < -0.4 is 16.0 Å². The van der Waals surface area contributed by atoms with Crippen molar-refractivity contribution in [3.8, 4) is 0 Å². The second-order valence-electron chi connectivity index (χ2n) is 6.11. The first-order valence-corrected chi connectivity index (χ1v) is 8.58. The number of amides is 2. The van der Waals surface area contributed by atoms with Crippen molar-refractivity contribution in [1.82, 2.24) is 20.9 Å². The van der Waals surface area contributed by atoms with Crippen LogP contribution in [-0.4, -0.2) is 61.4 Å². The van der Waals surface area contributed by atoms with E-state index in [1.807, 2.05) is 32.6 Å². The monoisotopic (exact) mass is 453 g/mol. The molecule has 1 saturated heterocycles. The van der Waals surface area contributed by atoms with Crippen LogP contribution in [0.25, 0.3) is 0 Å². The Morgan fingerprint density at radius 2 is 1.96 bits per heavy atom. The molecule has 0 aromatic carbocycles. The van der Waals surface area contributed by atoms with Gasteiger partial charge < -0.3 is 20.9 Å². The Labute approximate surface area is 162 Å². The molecule has 1 aliphatic heterocycles. The Kier molecular flexibility index (Phi) is 11.8. The van der Waals surface area contributed by atoms with Crippen LogP contribution in [0.5, 0.6) is 0 Å². The average Bonchev–Trinajstić information content (AvgIpc) is 2.98. The number of hydrogen-bond acceptors (Lipinski definition) is 3. The van der Waals surface area contributed by atoms with Gasteiger partial charge >= 0.3 is 0 Å². The highest BCUT2D eigenvalue weighted by molar-refractivity contribution is 14.0. The summed E-state index contributed by atoms with van der Waals surface area (Å²) in [5.41, 5.74) is 0. The van der Waals surface area contributed by atoms with Crippen molar-refractivity contribution in [3.05, 3.63) is 0 Å². The van der Waals surface area contributed by atoms with E-state index in [2.05, 4.69) is 20.9 Å². The summed E-state index contributed by atoms with van der Waals surface area (Å²) < 4.78 is 0. The van der Waals surface area contributed by atoms with Crippen LogP contribution >= 0.6 is 24.0 Å². The van der Waals surface area contributed by atoms with Crippen LogP contribution in [0.2, 0.25) is 0 Å². The minimum Gasteiger partial charge on any atom is -0.357 e. The number of nitrogens with zero attached hydrogens (tertiary/aromatic N) is 2. The zero-order chi connectivity index (χ0) is 17.2. The number of rotatable bonds is 7. The van der Waals surface area contributed by atoms with Crippen molar-refractivity contribution in [2.75, 3.05) is 32.7 Å². The molecular weight excluding hydrogens is 421 g/mol. The number of hydrogen-bond donors (Lipinski definition) is 3. The van der Waals surface area contributed by atoms with Gasteiger partial charge in [-0.3, -0.25) is 9.59 Å². The third-order valence-corrected chi connectivity index (χ3v) is 3.63. The first-order valence-electron chi connectivity index (χ1n) is 8.58. The molecule has 0 radical (unpaired) electrons. The van der Waals surface area contributed by atoms with E-state index >= 15 is 0 Å². The van der Waals surface area contributed by atoms with Crippen molar-refractivity contribution in [1.29, 1.82) is 0 Å². The van der Waals surface area contributed by atoms with Gasteiger partial charge in [0.15, 0.2) is 5.96 Å². The normalized spacial score (nSPS) is 17.5. The quantitative estimate of drug-likeness (QED) is 0.304. The lowest BCUT2D eigenvalue weighted by molar-refractivity contribution is -0.133. The molecule has 1 unspecified atom stereocenters. The summed E-state index contributed by atoms with van der Waals surface area (Å²) in [5, 5.41) is 9.26. The number of guanidine groups is 1. The van der Waals surface area contributed by atoms with E-state index in [-0.39, 0.29) is 54.3 Å². The Bertz CT molecular complexity index is 429. The SMILES string of the molecule is CCCNC(=O)CN=C(NCC)NC1CCN(C(=O)C(C)C)C1.I. The molecule has 0 bridgehead atoms. The molecule has 2 amide bonds. The van der Waals surface area contributed by atoms with E-state index in [4.69, 9.17) is 0 Å². The minimum atomic E-state index is -0.0768. The molecule has 1 rings (SSSR count). The topological polar surface area (TPSA) is 85.8 Å². The van der Waals surface area contributed by atoms with Crippen LogP contribution in [0.15, 0.2) is 4.99 Å². The summed E-state index contributed by atoms with van der Waals surface area (Å²) >= 11 is 0. The molecule has 0 aromatic heterocycles. The Morgan fingerprint density at radius 1 is 1.25 bits per heavy atom. The molecule has 1 heterocycles. The second kappa shape index (κ2) is 12.3. The number of aliphatic imine (C=N–C) groups is 1. The number of carbonyl (C=O) groups excluding carboxylic acids is 2. The fourth-order valence-corrected chi connectivity index (χ4v) is 2.43. The van der Waals surface area contributed by atoms with Crippen molar-refractivity contribution in [2.24, 2.45) is 10.9 Å². The van der Waals surface area contributed by atoms with Gasteiger partial charge in [0.05, 0.1) is 0 Å². The zero-order valence-electron chi connectivity index (χ0n) is 15.2. The van der Waals surface area contributed by atoms with Gasteiger partial charge in [0, 0.05) is 38.1 Å². The van der Waals surface area contributed by atoms with E-state index < -0.39 is 0 Å². The first-order chi connectivity index (χ1) is 11.0. The molecule has 8 heteroatoms. The molecule has 3 N–H and O–H groups in total. The van der Waals surface area contributed by atoms with Crippen molar-refractivity contribution in [3.63, 3.8) is 0 Å². The highest BCUT2D eigenvalue weighted by atomic mass is 127. The van der Waals surface area contributed by atoms with Crippen LogP contribution in [0, 0.1) is 5.92 Å². The van der Waals surface area contributed by atoms with Gasteiger partial charge in [-0.15, -0.1) is 24.0 Å². The van der Waals surface area contributed by atoms with Crippen molar-refractivity contribution < 1.29 is 9.59 Å². The number of likely N-dealkylation sites (tertiary alicyclic amines) is 1. The average molecular weight is 453 g/mol. The lowest BCUT2D eigenvalue weighted by Gasteiger charge is -2.20. The standard InChI is InChI=1S/C16H31N5O2.HI/c1-5-8-18-14(22)10-19-16(17-6-2)20-13-7-9-21(11-13)15(23)12(3)4;/h12-13H,5-11H2,1-4H3,(H,18,22)(H2,17,19,20);1H. The van der Waals surface area contributed by atoms with Crippen molar-refractivity contribution in [2.45, 2.75) is 46.6 Å². The predicted molar refractivity (Wildman–Crippen MR) is 108 cm³/mol. The maximum Gasteiger partial charge on any atom is 0.241 e. The van der Waals surface area contributed by atoms with Gasteiger partial charge in [0.25, 0.3) is 0 Å². The van der Waals surface area contributed by atoms with Gasteiger partial charge in [0.1, 0.15) is 6.54 Å². The number of nitrogens with one attached hydrogen (secondary N) is 3. The van der Waals surface area contributed by atoms with E-state index in [9.17, 15) is 9.59 Å². The van der Waals surface area contributed by atoms with E-state index in [1.54, 1.807) is 0 Å². The molecule has 140 valence electrons. The van der Waals surface area contributed by atoms with Gasteiger partial charge in [-0.2, -0.15) is 0 Å². The molecular formula is C16H32IN5O2. The summed E-state index contributed by atoms with van der Waals surface area (Å²) in [4.78, 5) is 29.9. The number of carbonyl (C=O) groups is 2. The van der Waals surface area contributed by atoms with Gasteiger partial charge in [0.2, 0.25) is 11.8 Å². The molecule has 1 fully saturated rings. The molecule has 0 saturated carbocycles. The van der Waals surface area contributed by atoms with Gasteiger partial charge in [-0.1, -0.05) is 20.8 Å². The lowest BCUT2D eigenvalue weighted by Crippen LogP contribution is -2.45. The molecule has 1 atom stereocenters. The lowest BCUT2D eigenvalue weighted by atomic mass is 10.2. The van der Waals surface area contributed by atoms with Crippen molar-refractivity contribution >= 4 is 41.8 Å². The zero-order valence-corrected chi connectivity index (χ0v) is 17.6. The second-order valence-corrected chi connectivity index (χ2v) is 6.11. The maximum absolute atomic E-state index is 12.0. The largest absolute Gasteiger partial charge is 0.357 e. The molecule has 1 aliphatic rings. The summed E-state index contributed by atoms with van der Waals surface area (Å²) in [5.74, 6) is 0.767. The highest BCUT2D eigenvalue weighted by Crippen LogP contribution is 2.12. The molecule has 0 aromatic rings. The Hall–Kier alpha value is -1.06. The number of halogens is 1. The van der Waals surface area contributed by atoms with E-state index in [0.29, 0.717) is 19.0 Å². The highest BCUT2D eigenvalue weighted by Gasteiger charge is 2.27. The fourth-order valence-electron chi connectivity index (χ4n) is 2.43. The Morgan fingerprint density at radius 3 is 2.54 bits per heavy atom. The molecule has 0 spiro atoms. The smallest absolute Gasteiger partial charge is 0.241 e. The summed E-state index contributed by atoms with van der Waals surface area (Å²) in [7, 11) is 0. The van der Waals surface area contributed by atoms with Crippen LogP contribution in [0.3, 0.4) is 0 Å². The third-order valence-electron chi connectivity index (χ3n) is 3.63. The molecule has 24 heavy (non-hydrogen) atoms. The minimum absolute atomic E-state index is 0. The summed E-state index contributed by atoms with van der Waals surface area (Å²) in [6.45, 7) is 10.8. The van der Waals surface area contributed by atoms with E-state index in [1.165, 1.54) is 0 Å². The van der Waals surface area contributed by atoms with Crippen LogP contribution in [0.4, 0.5) is 0 Å². The third kappa shape index (κ3) is 8.16. The van der Waals surface area contributed by atoms with Crippen LogP contribution in [0.1, 0.15) is 40.5 Å². The maximum atomic E-state index is 12.0. The summed E-state index contributed by atoms with van der Waals surface area (Å²) in [6, 6.07) is 0.175.